The molecule has 1 aromatic rings. The fourth-order valence-corrected chi connectivity index (χ4v) is 1.62. The van der Waals surface area contributed by atoms with Crippen molar-refractivity contribution in [1.29, 1.82) is 0 Å². The summed E-state index contributed by atoms with van der Waals surface area (Å²) in [5.74, 6) is 1.36. The molecule has 5 heteroatoms. The average Bonchev–Trinajstić information content (AvgIpc) is 2.78. The minimum absolute atomic E-state index is 0.0263. The van der Waals surface area contributed by atoms with Crippen molar-refractivity contribution in [2.45, 2.75) is 46.1 Å². The van der Waals surface area contributed by atoms with Gasteiger partial charge in [-0.25, -0.2) is 0 Å². The maximum Gasteiger partial charge on any atom is 0.228 e. The molecule has 98 valence electrons. The van der Waals surface area contributed by atoms with E-state index < -0.39 is 0 Å². The molecule has 1 aromatic heterocycles. The molecule has 17 heavy (non-hydrogen) atoms. The third-order valence-corrected chi connectivity index (χ3v) is 2.46. The standard InChI is InChI=1S/C12H23N3O2/c1-4-7-10(16-6-3)12-14-11(17-15-12)8-9-13-5-2/h10,13H,4-9H2,1-3H3. The van der Waals surface area contributed by atoms with Gasteiger partial charge in [0, 0.05) is 19.6 Å². The van der Waals surface area contributed by atoms with Crippen LogP contribution in [0.1, 0.15) is 51.4 Å². The van der Waals surface area contributed by atoms with Crippen molar-refractivity contribution in [2.24, 2.45) is 0 Å². The van der Waals surface area contributed by atoms with Gasteiger partial charge in [-0.3, -0.25) is 0 Å². The Kier molecular flexibility index (Phi) is 6.81. The maximum absolute atomic E-state index is 5.61. The molecule has 0 aromatic carbocycles. The Labute approximate surface area is 103 Å². The summed E-state index contributed by atoms with van der Waals surface area (Å²) in [6, 6.07) is 0. The van der Waals surface area contributed by atoms with Crippen molar-refractivity contribution < 1.29 is 9.26 Å². The first kappa shape index (κ1) is 14.1. The van der Waals surface area contributed by atoms with Gasteiger partial charge in [-0.05, 0) is 19.9 Å². The quantitative estimate of drug-likeness (QED) is 0.671. The smallest absolute Gasteiger partial charge is 0.228 e. The number of rotatable bonds is 9. The second kappa shape index (κ2) is 8.20. The molecule has 5 nitrogen and oxygen atoms in total. The molecule has 0 fully saturated rings. The van der Waals surface area contributed by atoms with Crippen molar-refractivity contribution in [3.8, 4) is 0 Å². The number of aromatic nitrogens is 2. The van der Waals surface area contributed by atoms with Gasteiger partial charge in [0.15, 0.2) is 0 Å². The van der Waals surface area contributed by atoms with Crippen molar-refractivity contribution in [2.75, 3.05) is 19.7 Å². The highest BCUT2D eigenvalue weighted by molar-refractivity contribution is 4.91. The first-order chi connectivity index (χ1) is 8.31. The number of nitrogens with zero attached hydrogens (tertiary/aromatic N) is 2. The van der Waals surface area contributed by atoms with Gasteiger partial charge in [0.1, 0.15) is 6.10 Å². The SMILES string of the molecule is CCCC(OCC)c1noc(CCNCC)n1. The van der Waals surface area contributed by atoms with Crippen LogP contribution in [-0.2, 0) is 11.2 Å². The highest BCUT2D eigenvalue weighted by atomic mass is 16.5. The summed E-state index contributed by atoms with van der Waals surface area (Å²) in [7, 11) is 0. The molecular weight excluding hydrogens is 218 g/mol. The molecule has 0 aliphatic heterocycles. The Morgan fingerprint density at radius 3 is 2.82 bits per heavy atom. The molecule has 1 heterocycles. The molecule has 1 unspecified atom stereocenters. The fraction of sp³-hybridized carbons (Fsp3) is 0.833. The predicted octanol–water partition coefficient (Wildman–Crippen LogP) is 2.10. The molecule has 0 radical (unpaired) electrons. The van der Waals surface area contributed by atoms with Crippen LogP contribution < -0.4 is 5.32 Å². The van der Waals surface area contributed by atoms with E-state index in [0.717, 1.165) is 32.4 Å². The summed E-state index contributed by atoms with van der Waals surface area (Å²) < 4.78 is 10.8. The van der Waals surface area contributed by atoms with Crippen molar-refractivity contribution in [3.05, 3.63) is 11.7 Å². The second-order valence-corrected chi connectivity index (χ2v) is 3.88. The molecule has 0 spiro atoms. The lowest BCUT2D eigenvalue weighted by Gasteiger charge is -2.11. The summed E-state index contributed by atoms with van der Waals surface area (Å²) in [6.45, 7) is 8.67. The Bertz CT molecular complexity index is 296. The number of ether oxygens (including phenoxy) is 1. The summed E-state index contributed by atoms with van der Waals surface area (Å²) >= 11 is 0. The molecule has 0 bridgehead atoms. The maximum atomic E-state index is 5.61. The minimum atomic E-state index is -0.0263. The van der Waals surface area contributed by atoms with Crippen LogP contribution in [0.2, 0.25) is 0 Å². The van der Waals surface area contributed by atoms with E-state index in [0.29, 0.717) is 18.3 Å². The Hall–Kier alpha value is -0.940. The molecule has 0 aliphatic carbocycles. The van der Waals surface area contributed by atoms with Gasteiger partial charge in [0.25, 0.3) is 0 Å². The molecule has 1 rings (SSSR count). The van der Waals surface area contributed by atoms with Crippen LogP contribution in [0, 0.1) is 0 Å². The number of hydrogen-bond donors (Lipinski definition) is 1. The zero-order valence-corrected chi connectivity index (χ0v) is 11.0. The summed E-state index contributed by atoms with van der Waals surface area (Å²) in [4.78, 5) is 4.38. The van der Waals surface area contributed by atoms with Gasteiger partial charge in [-0.1, -0.05) is 25.4 Å². The first-order valence-corrected chi connectivity index (χ1v) is 6.46. The van der Waals surface area contributed by atoms with Crippen LogP contribution in [0.5, 0.6) is 0 Å². The van der Waals surface area contributed by atoms with Crippen LogP contribution in [-0.4, -0.2) is 29.8 Å². The van der Waals surface area contributed by atoms with E-state index in [9.17, 15) is 0 Å². The summed E-state index contributed by atoms with van der Waals surface area (Å²) in [5.41, 5.74) is 0. The normalized spacial score (nSPS) is 12.9. The van der Waals surface area contributed by atoms with Gasteiger partial charge in [0.05, 0.1) is 0 Å². The van der Waals surface area contributed by atoms with Crippen molar-refractivity contribution >= 4 is 0 Å². The highest BCUT2D eigenvalue weighted by Gasteiger charge is 2.17. The lowest BCUT2D eigenvalue weighted by atomic mass is 10.2. The number of nitrogens with one attached hydrogen (secondary N) is 1. The summed E-state index contributed by atoms with van der Waals surface area (Å²) in [6.07, 6.45) is 2.72. The van der Waals surface area contributed by atoms with E-state index in [1.165, 1.54) is 0 Å². The molecule has 0 aliphatic rings. The lowest BCUT2D eigenvalue weighted by molar-refractivity contribution is 0.0478. The van der Waals surface area contributed by atoms with Gasteiger partial charge >= 0.3 is 0 Å². The van der Waals surface area contributed by atoms with Crippen LogP contribution in [0.15, 0.2) is 4.52 Å². The average molecular weight is 241 g/mol. The van der Waals surface area contributed by atoms with E-state index in [1.807, 2.05) is 6.92 Å². The highest BCUT2D eigenvalue weighted by Crippen LogP contribution is 2.19. The van der Waals surface area contributed by atoms with Crippen LogP contribution in [0.4, 0.5) is 0 Å². The van der Waals surface area contributed by atoms with Gasteiger partial charge in [-0.2, -0.15) is 4.98 Å². The topological polar surface area (TPSA) is 60.2 Å². The van der Waals surface area contributed by atoms with Gasteiger partial charge in [-0.15, -0.1) is 0 Å². The number of likely N-dealkylation sites (N-methyl/N-ethyl adjacent to an activating group) is 1. The van der Waals surface area contributed by atoms with Crippen LogP contribution >= 0.6 is 0 Å². The molecule has 1 atom stereocenters. The molecular formula is C12H23N3O2. The molecule has 0 saturated carbocycles. The lowest BCUT2D eigenvalue weighted by Crippen LogP contribution is -2.16. The van der Waals surface area contributed by atoms with E-state index in [1.54, 1.807) is 0 Å². The Morgan fingerprint density at radius 2 is 2.18 bits per heavy atom. The van der Waals surface area contributed by atoms with E-state index in [4.69, 9.17) is 9.26 Å². The van der Waals surface area contributed by atoms with E-state index in [-0.39, 0.29) is 6.10 Å². The largest absolute Gasteiger partial charge is 0.370 e. The van der Waals surface area contributed by atoms with Gasteiger partial charge in [0.2, 0.25) is 11.7 Å². The third-order valence-electron chi connectivity index (χ3n) is 2.46. The minimum Gasteiger partial charge on any atom is -0.370 e. The zero-order valence-electron chi connectivity index (χ0n) is 11.0. The van der Waals surface area contributed by atoms with Crippen LogP contribution in [0.3, 0.4) is 0 Å². The van der Waals surface area contributed by atoms with Gasteiger partial charge < -0.3 is 14.6 Å². The Morgan fingerprint density at radius 1 is 1.35 bits per heavy atom. The Balaban J connectivity index is 2.51. The fourth-order valence-electron chi connectivity index (χ4n) is 1.62. The molecule has 0 amide bonds. The van der Waals surface area contributed by atoms with Crippen molar-refractivity contribution in [3.63, 3.8) is 0 Å². The van der Waals surface area contributed by atoms with Crippen LogP contribution in [0.25, 0.3) is 0 Å². The summed E-state index contributed by atoms with van der Waals surface area (Å²) in [5, 5.41) is 7.22. The number of hydrogen-bond acceptors (Lipinski definition) is 5. The zero-order chi connectivity index (χ0) is 12.5. The molecule has 0 saturated heterocycles. The monoisotopic (exact) mass is 241 g/mol. The molecule has 1 N–H and O–H groups in total. The first-order valence-electron chi connectivity index (χ1n) is 6.46. The predicted molar refractivity (Wildman–Crippen MR) is 65.8 cm³/mol. The van der Waals surface area contributed by atoms with E-state index in [2.05, 4.69) is 29.3 Å². The second-order valence-electron chi connectivity index (χ2n) is 3.88. The third kappa shape index (κ3) is 4.83. The van der Waals surface area contributed by atoms with E-state index >= 15 is 0 Å². The van der Waals surface area contributed by atoms with Crippen molar-refractivity contribution in [1.82, 2.24) is 15.5 Å².